The van der Waals surface area contributed by atoms with Crippen LogP contribution in [-0.4, -0.2) is 0 Å². The van der Waals surface area contributed by atoms with Gasteiger partial charge < -0.3 is 18.6 Å². The monoisotopic (exact) mass is 1060 g/mol. The van der Waals surface area contributed by atoms with E-state index in [2.05, 4.69) is 303 Å². The van der Waals surface area contributed by atoms with Crippen LogP contribution in [-0.2, 0) is 5.41 Å². The molecule has 4 heteroatoms. The van der Waals surface area contributed by atoms with Crippen molar-refractivity contribution in [2.45, 2.75) is 19.3 Å². The van der Waals surface area contributed by atoms with Gasteiger partial charge in [0.1, 0.15) is 11.2 Å². The van der Waals surface area contributed by atoms with E-state index in [0.717, 1.165) is 100 Å². The van der Waals surface area contributed by atoms with Crippen LogP contribution in [0.1, 0.15) is 25.0 Å². The molecule has 0 saturated heterocycles. The van der Waals surface area contributed by atoms with Crippen LogP contribution in [0.5, 0.6) is 0 Å². The van der Waals surface area contributed by atoms with Crippen LogP contribution in [0.4, 0.5) is 34.1 Å². The molecule has 0 saturated carbocycles. The summed E-state index contributed by atoms with van der Waals surface area (Å²) in [4.78, 5) is 4.80. The summed E-state index contributed by atoms with van der Waals surface area (Å²) in [6.07, 6.45) is 0. The van der Waals surface area contributed by atoms with Crippen molar-refractivity contribution >= 4 is 121 Å². The highest BCUT2D eigenvalue weighted by atomic mass is 16.3. The topological polar surface area (TPSA) is 32.8 Å². The molecular formula is C79H52N2O2. The fourth-order valence-electron chi connectivity index (χ4n) is 13.9. The van der Waals surface area contributed by atoms with E-state index < -0.39 is 0 Å². The maximum absolute atomic E-state index is 7.35. The first kappa shape index (κ1) is 47.2. The lowest BCUT2D eigenvalue weighted by atomic mass is 9.81. The number of benzene rings is 14. The lowest BCUT2D eigenvalue weighted by molar-refractivity contribution is 0.661. The Morgan fingerprint density at radius 1 is 0.277 bits per heavy atom. The first-order valence-corrected chi connectivity index (χ1v) is 28.6. The van der Waals surface area contributed by atoms with E-state index in [-0.39, 0.29) is 5.41 Å². The summed E-state index contributed by atoms with van der Waals surface area (Å²) < 4.78 is 14.6. The van der Waals surface area contributed by atoms with Gasteiger partial charge in [0.05, 0.1) is 17.1 Å². The fourth-order valence-corrected chi connectivity index (χ4v) is 13.9. The second-order valence-corrected chi connectivity index (χ2v) is 22.7. The largest absolute Gasteiger partial charge is 0.453 e. The molecule has 17 rings (SSSR count). The highest BCUT2D eigenvalue weighted by molar-refractivity contribution is 6.26. The van der Waals surface area contributed by atoms with Crippen molar-refractivity contribution in [3.63, 3.8) is 0 Å². The first-order valence-electron chi connectivity index (χ1n) is 28.6. The zero-order chi connectivity index (χ0) is 54.9. The Morgan fingerprint density at radius 3 is 1.30 bits per heavy atom. The van der Waals surface area contributed by atoms with E-state index in [1.165, 1.54) is 65.3 Å². The van der Waals surface area contributed by atoms with Crippen LogP contribution < -0.4 is 9.80 Å². The summed E-state index contributed by atoms with van der Waals surface area (Å²) in [6, 6.07) is 101. The molecule has 0 amide bonds. The Kier molecular flexibility index (Phi) is 10.3. The van der Waals surface area contributed by atoms with E-state index in [1.807, 2.05) is 0 Å². The third-order valence-corrected chi connectivity index (χ3v) is 17.7. The smallest absolute Gasteiger partial charge is 0.159 e. The molecule has 0 fully saturated rings. The van der Waals surface area contributed by atoms with Gasteiger partial charge in [0.2, 0.25) is 0 Å². The molecule has 16 aromatic rings. The van der Waals surface area contributed by atoms with Crippen molar-refractivity contribution < 1.29 is 8.83 Å². The van der Waals surface area contributed by atoms with Crippen LogP contribution in [0.2, 0.25) is 0 Å². The van der Waals surface area contributed by atoms with Crippen LogP contribution in [0.3, 0.4) is 0 Å². The Morgan fingerprint density at radius 2 is 0.735 bits per heavy atom. The maximum Gasteiger partial charge on any atom is 0.159 e. The van der Waals surface area contributed by atoms with Gasteiger partial charge in [-0.15, -0.1) is 0 Å². The molecular weight excluding hydrogens is 1010 g/mol. The average Bonchev–Trinajstić information content (AvgIpc) is 2.32. The third kappa shape index (κ3) is 7.12. The van der Waals surface area contributed by atoms with E-state index in [9.17, 15) is 0 Å². The minimum atomic E-state index is -0.372. The lowest BCUT2D eigenvalue weighted by Crippen LogP contribution is -2.17. The molecule has 0 unspecified atom stereocenters. The van der Waals surface area contributed by atoms with Crippen LogP contribution in [0, 0.1) is 0 Å². The van der Waals surface area contributed by atoms with Gasteiger partial charge in [0, 0.05) is 60.5 Å². The highest BCUT2D eigenvalue weighted by Gasteiger charge is 2.39. The van der Waals surface area contributed by atoms with Gasteiger partial charge in [-0.2, -0.15) is 0 Å². The van der Waals surface area contributed by atoms with Crippen LogP contribution in [0.25, 0.3) is 120 Å². The quantitative estimate of drug-likeness (QED) is 0.152. The van der Waals surface area contributed by atoms with Crippen molar-refractivity contribution in [3.05, 3.63) is 290 Å². The van der Waals surface area contributed by atoms with E-state index in [1.54, 1.807) is 0 Å². The number of rotatable bonds is 8. The summed E-state index contributed by atoms with van der Waals surface area (Å²) in [6.45, 7) is 4.81. The van der Waals surface area contributed by atoms with Crippen molar-refractivity contribution in [1.82, 2.24) is 0 Å². The Labute approximate surface area is 479 Å². The van der Waals surface area contributed by atoms with Crippen LogP contribution >= 0.6 is 0 Å². The average molecular weight is 1060 g/mol. The minimum absolute atomic E-state index is 0.372. The van der Waals surface area contributed by atoms with Crippen molar-refractivity contribution in [3.8, 4) is 33.4 Å². The van der Waals surface area contributed by atoms with Gasteiger partial charge in [-0.3, -0.25) is 0 Å². The molecule has 2 aromatic heterocycles. The molecule has 0 spiro atoms. The van der Waals surface area contributed by atoms with E-state index in [0.29, 0.717) is 0 Å². The summed E-state index contributed by atoms with van der Waals surface area (Å²) in [5, 5.41) is 13.9. The number of hydrogen-bond acceptors (Lipinski definition) is 4. The summed E-state index contributed by atoms with van der Waals surface area (Å²) in [5.74, 6) is 0. The Hall–Kier alpha value is -10.7. The maximum atomic E-state index is 7.35. The lowest BCUT2D eigenvalue weighted by Gasteiger charge is -2.29. The molecule has 83 heavy (non-hydrogen) atoms. The molecule has 0 radical (unpaired) electrons. The SMILES string of the molecule is CC1(C)c2cc3cc(N(c4ccccc4)c4cccc5c4oc4c(-c6ccccc6)cc6ccccc6c45)ccc3cc2-c2c1cc(N(c1ccccc1)c1cccc3c1oc1c(-c4ccccc4)cc4ccccc4c13)c1ccccc21. The molecule has 0 aliphatic heterocycles. The second kappa shape index (κ2) is 18.2. The van der Waals surface area contributed by atoms with Gasteiger partial charge in [-0.25, -0.2) is 0 Å². The van der Waals surface area contributed by atoms with Crippen molar-refractivity contribution in [2.75, 3.05) is 9.80 Å². The third-order valence-electron chi connectivity index (χ3n) is 17.7. The first-order chi connectivity index (χ1) is 40.9. The number of fused-ring (bicyclic) bond motifs is 16. The molecule has 1 aliphatic rings. The van der Waals surface area contributed by atoms with Crippen molar-refractivity contribution in [2.24, 2.45) is 0 Å². The van der Waals surface area contributed by atoms with Gasteiger partial charge in [-0.1, -0.05) is 214 Å². The molecule has 2 heterocycles. The summed E-state index contributed by atoms with van der Waals surface area (Å²) in [5.41, 5.74) is 18.9. The van der Waals surface area contributed by atoms with Gasteiger partial charge in [0.15, 0.2) is 11.2 Å². The molecule has 0 bridgehead atoms. The highest BCUT2D eigenvalue weighted by Crippen LogP contribution is 2.57. The minimum Gasteiger partial charge on any atom is -0.453 e. The van der Waals surface area contributed by atoms with Gasteiger partial charge in [-0.05, 0) is 150 Å². The predicted octanol–water partition coefficient (Wildman–Crippen LogP) is 22.7. The molecule has 0 N–H and O–H groups in total. The zero-order valence-corrected chi connectivity index (χ0v) is 45.8. The second-order valence-electron chi connectivity index (χ2n) is 22.7. The van der Waals surface area contributed by atoms with Crippen molar-refractivity contribution in [1.29, 1.82) is 0 Å². The molecule has 390 valence electrons. The van der Waals surface area contributed by atoms with Gasteiger partial charge in [0.25, 0.3) is 0 Å². The Bertz CT molecular complexity index is 5290. The standard InChI is InChI=1S/C79H52N2O2/c1-79(2)67-47-54-43-57(80(55-29-11-5-12-30-55)69-39-21-37-62-73-58-33-17-15-27-52(58)45-64(77(73)82-75(62)69)49-23-7-3-8-24-49)42-41-51(54)44-66(67)72-61-36-20-19-35-60(61)71(48-68(72)79)81(56-31-13-6-14-32-56)70-40-22-38-63-74-59-34-18-16-28-53(59)46-65(78(74)83-76(63)70)50-25-9-4-10-26-50/h3-48H,1-2H3. The molecule has 0 atom stereocenters. The van der Waals surface area contributed by atoms with E-state index >= 15 is 0 Å². The number of anilines is 6. The Balaban J connectivity index is 0.844. The summed E-state index contributed by atoms with van der Waals surface area (Å²) in [7, 11) is 0. The molecule has 1 aliphatic carbocycles. The van der Waals surface area contributed by atoms with Gasteiger partial charge >= 0.3 is 0 Å². The molecule has 4 nitrogen and oxygen atoms in total. The molecule has 14 aromatic carbocycles. The predicted molar refractivity (Wildman–Crippen MR) is 349 cm³/mol. The van der Waals surface area contributed by atoms with E-state index in [4.69, 9.17) is 8.83 Å². The van der Waals surface area contributed by atoms with Crippen LogP contribution in [0.15, 0.2) is 288 Å². The summed E-state index contributed by atoms with van der Waals surface area (Å²) >= 11 is 0. The number of furan rings is 2. The number of nitrogens with zero attached hydrogens (tertiary/aromatic N) is 2. The zero-order valence-electron chi connectivity index (χ0n) is 45.8. The normalized spacial score (nSPS) is 12.8. The number of hydrogen-bond donors (Lipinski definition) is 0. The number of para-hydroxylation sites is 4. The fraction of sp³-hybridized carbons (Fsp3) is 0.0380.